The lowest BCUT2D eigenvalue weighted by molar-refractivity contribution is 0.0979. The van der Waals surface area contributed by atoms with E-state index in [9.17, 15) is 9.59 Å². The van der Waals surface area contributed by atoms with Crippen LogP contribution in [0.3, 0.4) is 0 Å². The molecule has 204 valence electrons. The van der Waals surface area contributed by atoms with E-state index >= 15 is 0 Å². The smallest absolute Gasteiger partial charge is 0.196 e. The molecule has 38 heavy (non-hydrogen) atoms. The standard InChI is InChI=1S/C32H44N4O2/c1-5-9-15-35(16-10-6-2)31-21-13-14-22-23(19-21)29(37)24-20-25-27(33-31)28(26(24)30(22)38)34-32(25)36(17-11-7-3)18-12-8-4/h13-14,19-20,31-34H,5-12,15-18H2,1-4H3. The highest BCUT2D eigenvalue weighted by Crippen LogP contribution is 2.50. The molecular weight excluding hydrogens is 472 g/mol. The molecule has 6 nitrogen and oxygen atoms in total. The number of carbonyl (C=O) groups is 2. The molecule has 2 N–H and O–H groups in total. The maximum atomic E-state index is 13.9. The van der Waals surface area contributed by atoms with Gasteiger partial charge in [0.1, 0.15) is 12.3 Å². The van der Waals surface area contributed by atoms with Crippen molar-refractivity contribution in [1.29, 1.82) is 0 Å². The van der Waals surface area contributed by atoms with Crippen LogP contribution in [0, 0.1) is 0 Å². The van der Waals surface area contributed by atoms with Gasteiger partial charge < -0.3 is 10.6 Å². The average molecular weight is 517 g/mol. The van der Waals surface area contributed by atoms with Gasteiger partial charge in [-0.15, -0.1) is 0 Å². The van der Waals surface area contributed by atoms with Crippen molar-refractivity contribution in [3.8, 4) is 0 Å². The Morgan fingerprint density at radius 3 is 1.76 bits per heavy atom. The zero-order chi connectivity index (χ0) is 26.8. The van der Waals surface area contributed by atoms with E-state index in [0.717, 1.165) is 100 Å². The topological polar surface area (TPSA) is 64.7 Å². The Morgan fingerprint density at radius 1 is 0.632 bits per heavy atom. The molecule has 2 unspecified atom stereocenters. The molecule has 0 aromatic heterocycles. The van der Waals surface area contributed by atoms with Crippen LogP contribution in [0.5, 0.6) is 0 Å². The van der Waals surface area contributed by atoms with Crippen molar-refractivity contribution in [1.82, 2.24) is 9.80 Å². The summed E-state index contributed by atoms with van der Waals surface area (Å²) in [7, 11) is 0. The Morgan fingerprint density at radius 2 is 1.18 bits per heavy atom. The minimum Gasteiger partial charge on any atom is -0.364 e. The Bertz CT molecular complexity index is 1190. The largest absolute Gasteiger partial charge is 0.364 e. The predicted octanol–water partition coefficient (Wildman–Crippen LogP) is 7.11. The third-order valence-corrected chi connectivity index (χ3v) is 8.46. The number of carbonyl (C=O) groups excluding carboxylic acids is 2. The third-order valence-electron chi connectivity index (χ3n) is 8.46. The molecule has 0 radical (unpaired) electrons. The molecule has 1 aliphatic carbocycles. The van der Waals surface area contributed by atoms with Gasteiger partial charge in [0, 0.05) is 48.4 Å². The van der Waals surface area contributed by atoms with Crippen LogP contribution in [-0.4, -0.2) is 47.5 Å². The van der Waals surface area contributed by atoms with Crippen LogP contribution in [0.2, 0.25) is 0 Å². The van der Waals surface area contributed by atoms with Crippen LogP contribution < -0.4 is 10.6 Å². The predicted molar refractivity (Wildman–Crippen MR) is 155 cm³/mol. The molecule has 2 aromatic rings. The van der Waals surface area contributed by atoms with Crippen molar-refractivity contribution in [3.63, 3.8) is 0 Å². The number of nitrogens with zero attached hydrogens (tertiary/aromatic N) is 2. The second kappa shape index (κ2) is 11.6. The van der Waals surface area contributed by atoms with E-state index in [1.54, 1.807) is 0 Å². The minimum atomic E-state index is -0.0588. The SMILES string of the molecule is CCCCN(CCCC)C1Nc2c3cc4c(c2NC3N(CCCC)CCCC)C(=O)c2ccc1cc2C4=O. The Labute approximate surface area is 228 Å². The van der Waals surface area contributed by atoms with E-state index in [4.69, 9.17) is 0 Å². The molecular formula is C32H44N4O2. The van der Waals surface area contributed by atoms with E-state index in [1.165, 1.54) is 0 Å². The van der Waals surface area contributed by atoms with Crippen LogP contribution in [-0.2, 0) is 0 Å². The van der Waals surface area contributed by atoms with Gasteiger partial charge in [0.25, 0.3) is 0 Å². The van der Waals surface area contributed by atoms with Gasteiger partial charge >= 0.3 is 0 Å². The maximum Gasteiger partial charge on any atom is 0.196 e. The van der Waals surface area contributed by atoms with Crippen molar-refractivity contribution in [2.24, 2.45) is 0 Å². The quantitative estimate of drug-likeness (QED) is 0.238. The van der Waals surface area contributed by atoms with Crippen molar-refractivity contribution in [3.05, 3.63) is 57.6 Å². The molecule has 0 saturated heterocycles. The van der Waals surface area contributed by atoms with Gasteiger partial charge in [0.05, 0.1) is 16.9 Å². The first-order valence-corrected chi connectivity index (χ1v) is 15.0. The fourth-order valence-electron chi connectivity index (χ4n) is 6.24. The molecule has 0 fully saturated rings. The third kappa shape index (κ3) is 4.66. The zero-order valence-corrected chi connectivity index (χ0v) is 23.7. The van der Waals surface area contributed by atoms with E-state index in [0.29, 0.717) is 22.3 Å². The van der Waals surface area contributed by atoms with Crippen molar-refractivity contribution in [2.45, 2.75) is 91.4 Å². The fraction of sp³-hybridized carbons (Fsp3) is 0.562. The number of unbranched alkanes of at least 4 members (excludes halogenated alkanes) is 4. The van der Waals surface area contributed by atoms with E-state index in [1.807, 2.05) is 18.2 Å². The Kier molecular flexibility index (Phi) is 8.20. The molecule has 0 saturated carbocycles. The van der Waals surface area contributed by atoms with Gasteiger partial charge in [-0.05, 0) is 49.4 Å². The molecule has 4 heterocycles. The number of benzene rings is 2. The summed E-state index contributed by atoms with van der Waals surface area (Å²) in [4.78, 5) is 32.8. The number of anilines is 2. The zero-order valence-electron chi connectivity index (χ0n) is 23.7. The van der Waals surface area contributed by atoms with Crippen molar-refractivity contribution < 1.29 is 9.59 Å². The molecule has 0 amide bonds. The highest BCUT2D eigenvalue weighted by atomic mass is 16.1. The summed E-state index contributed by atoms with van der Waals surface area (Å²) in [6, 6.07) is 7.94. The molecule has 0 spiro atoms. The number of fused-ring (bicyclic) bond motifs is 1. The summed E-state index contributed by atoms with van der Waals surface area (Å²) in [6.07, 6.45) is 8.92. The van der Waals surface area contributed by atoms with Gasteiger partial charge in [-0.2, -0.15) is 0 Å². The fourth-order valence-corrected chi connectivity index (χ4v) is 6.24. The highest BCUT2D eigenvalue weighted by Gasteiger charge is 2.42. The van der Waals surface area contributed by atoms with Crippen molar-refractivity contribution in [2.75, 3.05) is 36.8 Å². The number of hydrogen-bond donors (Lipinski definition) is 2. The number of ketones is 2. The van der Waals surface area contributed by atoms with Gasteiger partial charge in [-0.1, -0.05) is 59.4 Å². The Hall–Kier alpha value is -2.70. The van der Waals surface area contributed by atoms with Crippen LogP contribution >= 0.6 is 0 Å². The number of nitrogens with one attached hydrogen (secondary N) is 2. The molecule has 7 rings (SSSR count). The summed E-state index contributed by atoms with van der Waals surface area (Å²) in [5.41, 5.74) is 6.19. The highest BCUT2D eigenvalue weighted by molar-refractivity contribution is 6.31. The summed E-state index contributed by atoms with van der Waals surface area (Å²) in [6.45, 7) is 12.9. The van der Waals surface area contributed by atoms with E-state index in [-0.39, 0.29) is 23.9 Å². The summed E-state index contributed by atoms with van der Waals surface area (Å²) in [5.74, 6) is -0.0595. The maximum absolute atomic E-state index is 13.9. The monoisotopic (exact) mass is 516 g/mol. The first-order chi connectivity index (χ1) is 18.5. The van der Waals surface area contributed by atoms with Gasteiger partial charge in [0.2, 0.25) is 0 Å². The van der Waals surface area contributed by atoms with Crippen LogP contribution in [0.1, 0.15) is 134 Å². The summed E-state index contributed by atoms with van der Waals surface area (Å²) < 4.78 is 0. The lowest BCUT2D eigenvalue weighted by Gasteiger charge is -2.36. The Balaban J connectivity index is 1.65. The average Bonchev–Trinajstić information content (AvgIpc) is 3.17. The lowest BCUT2D eigenvalue weighted by atomic mass is 9.80. The van der Waals surface area contributed by atoms with Crippen LogP contribution in [0.15, 0.2) is 24.3 Å². The number of rotatable bonds is 14. The summed E-state index contributed by atoms with van der Waals surface area (Å²) >= 11 is 0. The van der Waals surface area contributed by atoms with E-state index < -0.39 is 0 Å². The second-order valence-corrected chi connectivity index (χ2v) is 11.2. The second-order valence-electron chi connectivity index (χ2n) is 11.2. The van der Waals surface area contributed by atoms with Crippen LogP contribution in [0.25, 0.3) is 0 Å². The van der Waals surface area contributed by atoms with E-state index in [2.05, 4.69) is 54.2 Å². The number of hydrogen-bond acceptors (Lipinski definition) is 6. The molecule has 8 bridgehead atoms. The normalized spacial score (nSPS) is 18.7. The first-order valence-electron chi connectivity index (χ1n) is 15.0. The first kappa shape index (κ1) is 26.9. The molecule has 2 aromatic carbocycles. The molecule has 5 aliphatic rings. The van der Waals surface area contributed by atoms with Gasteiger partial charge in [-0.25, -0.2) is 0 Å². The van der Waals surface area contributed by atoms with Gasteiger partial charge in [-0.3, -0.25) is 19.4 Å². The van der Waals surface area contributed by atoms with Crippen LogP contribution in [0.4, 0.5) is 11.4 Å². The minimum absolute atomic E-state index is 0.0177. The molecule has 4 aliphatic heterocycles. The van der Waals surface area contributed by atoms with Crippen molar-refractivity contribution >= 4 is 22.9 Å². The molecule has 6 heteroatoms. The van der Waals surface area contributed by atoms with Gasteiger partial charge in [0.15, 0.2) is 11.6 Å². The summed E-state index contributed by atoms with van der Waals surface area (Å²) in [5, 5.41) is 7.70. The molecule has 2 atom stereocenters. The lowest BCUT2D eigenvalue weighted by Crippen LogP contribution is -2.37.